The summed E-state index contributed by atoms with van der Waals surface area (Å²) in [5.41, 5.74) is 0.551. The van der Waals surface area contributed by atoms with Crippen LogP contribution in [-0.4, -0.2) is 45.6 Å². The number of sulfone groups is 1. The fourth-order valence-electron chi connectivity index (χ4n) is 2.84. The van der Waals surface area contributed by atoms with Gasteiger partial charge in [0.2, 0.25) is 0 Å². The summed E-state index contributed by atoms with van der Waals surface area (Å²) >= 11 is 0. The molecular weight excluding hydrogens is 294 g/mol. The van der Waals surface area contributed by atoms with Gasteiger partial charge in [0.25, 0.3) is 0 Å². The molecule has 2 aromatic heterocycles. The molecule has 8 heteroatoms. The first-order valence-electron chi connectivity index (χ1n) is 6.73. The maximum absolute atomic E-state index is 11.7. The predicted octanol–water partition coefficient (Wildman–Crippen LogP) is 0.795. The molecule has 0 bridgehead atoms. The molecule has 0 amide bonds. The van der Waals surface area contributed by atoms with Crippen LogP contribution in [0.5, 0.6) is 0 Å². The Kier molecular flexibility index (Phi) is 3.40. The minimum atomic E-state index is -2.99. The van der Waals surface area contributed by atoms with E-state index >= 15 is 0 Å². The molecule has 7 nitrogen and oxygen atoms in total. The van der Waals surface area contributed by atoms with E-state index in [0.29, 0.717) is 24.3 Å². The SMILES string of the molecule is O=C(O)c1cccc2nnc(CC3CCCS(=O)(=O)C3)n12. The van der Waals surface area contributed by atoms with E-state index in [2.05, 4.69) is 10.2 Å². The Bertz CT molecular complexity index is 797. The Morgan fingerprint density at radius 3 is 2.90 bits per heavy atom. The fourth-order valence-corrected chi connectivity index (χ4v) is 4.61. The highest BCUT2D eigenvalue weighted by molar-refractivity contribution is 7.91. The molecule has 3 rings (SSSR count). The molecule has 2 aromatic rings. The summed E-state index contributed by atoms with van der Waals surface area (Å²) in [6.07, 6.45) is 1.88. The molecule has 1 aliphatic rings. The van der Waals surface area contributed by atoms with Crippen LogP contribution in [0, 0.1) is 5.92 Å². The molecule has 1 N–H and O–H groups in total. The monoisotopic (exact) mass is 309 g/mol. The summed E-state index contributed by atoms with van der Waals surface area (Å²) in [6, 6.07) is 4.78. The lowest BCUT2D eigenvalue weighted by molar-refractivity contribution is 0.0688. The van der Waals surface area contributed by atoms with Gasteiger partial charge >= 0.3 is 5.97 Å². The standard InChI is InChI=1S/C13H15N3O4S/c17-13(18)10-4-1-5-11-14-15-12(16(10)11)7-9-3-2-6-21(19,20)8-9/h1,4-5,9H,2-3,6-8H2,(H,17,18). The molecule has 21 heavy (non-hydrogen) atoms. The number of nitrogens with zero attached hydrogens (tertiary/aromatic N) is 3. The van der Waals surface area contributed by atoms with Crippen molar-refractivity contribution in [3.05, 3.63) is 29.7 Å². The van der Waals surface area contributed by atoms with E-state index in [0.717, 1.165) is 6.42 Å². The molecule has 0 saturated carbocycles. The lowest BCUT2D eigenvalue weighted by Gasteiger charge is -2.21. The molecule has 0 spiro atoms. The Labute approximate surface area is 121 Å². The highest BCUT2D eigenvalue weighted by atomic mass is 32.2. The summed E-state index contributed by atoms with van der Waals surface area (Å²) in [4.78, 5) is 11.3. The van der Waals surface area contributed by atoms with Crippen molar-refractivity contribution < 1.29 is 18.3 Å². The van der Waals surface area contributed by atoms with Crippen molar-refractivity contribution in [1.29, 1.82) is 0 Å². The second-order valence-electron chi connectivity index (χ2n) is 5.35. The van der Waals surface area contributed by atoms with E-state index in [-0.39, 0.29) is 23.1 Å². The molecule has 3 heterocycles. The van der Waals surface area contributed by atoms with Crippen molar-refractivity contribution in [2.75, 3.05) is 11.5 Å². The predicted molar refractivity (Wildman–Crippen MR) is 75.0 cm³/mol. The first kappa shape index (κ1) is 14.0. The average molecular weight is 309 g/mol. The van der Waals surface area contributed by atoms with Crippen LogP contribution < -0.4 is 0 Å². The number of pyridine rings is 1. The minimum Gasteiger partial charge on any atom is -0.477 e. The van der Waals surface area contributed by atoms with Crippen LogP contribution in [0.25, 0.3) is 5.65 Å². The fraction of sp³-hybridized carbons (Fsp3) is 0.462. The second kappa shape index (κ2) is 5.10. The zero-order chi connectivity index (χ0) is 15.0. The largest absolute Gasteiger partial charge is 0.477 e. The lowest BCUT2D eigenvalue weighted by atomic mass is 10.0. The molecule has 1 saturated heterocycles. The zero-order valence-electron chi connectivity index (χ0n) is 11.3. The quantitative estimate of drug-likeness (QED) is 0.899. The number of carboxylic acid groups (broad SMARTS) is 1. The van der Waals surface area contributed by atoms with E-state index in [9.17, 15) is 18.3 Å². The maximum Gasteiger partial charge on any atom is 0.352 e. The van der Waals surface area contributed by atoms with E-state index in [1.165, 1.54) is 10.5 Å². The van der Waals surface area contributed by atoms with Gasteiger partial charge in [-0.3, -0.25) is 4.40 Å². The molecule has 0 aliphatic carbocycles. The van der Waals surface area contributed by atoms with Gasteiger partial charge in [-0.1, -0.05) is 6.07 Å². The normalized spacial score (nSPS) is 21.4. The highest BCUT2D eigenvalue weighted by Gasteiger charge is 2.26. The highest BCUT2D eigenvalue weighted by Crippen LogP contribution is 2.22. The van der Waals surface area contributed by atoms with Crippen molar-refractivity contribution in [2.24, 2.45) is 5.92 Å². The number of aromatic carboxylic acids is 1. The number of hydrogen-bond acceptors (Lipinski definition) is 5. The first-order valence-corrected chi connectivity index (χ1v) is 8.55. The minimum absolute atomic E-state index is 0.0296. The van der Waals surface area contributed by atoms with E-state index in [1.54, 1.807) is 12.1 Å². The number of rotatable bonds is 3. The summed E-state index contributed by atoms with van der Waals surface area (Å²) in [6.45, 7) is 0. The van der Waals surface area contributed by atoms with Gasteiger partial charge in [0.1, 0.15) is 11.5 Å². The molecule has 0 radical (unpaired) electrons. The van der Waals surface area contributed by atoms with E-state index in [4.69, 9.17) is 0 Å². The van der Waals surface area contributed by atoms with Gasteiger partial charge in [0, 0.05) is 6.42 Å². The van der Waals surface area contributed by atoms with E-state index in [1.807, 2.05) is 0 Å². The number of carbonyl (C=O) groups is 1. The topological polar surface area (TPSA) is 102 Å². The Morgan fingerprint density at radius 2 is 2.19 bits per heavy atom. The van der Waals surface area contributed by atoms with Gasteiger partial charge in [-0.25, -0.2) is 13.2 Å². The summed E-state index contributed by atoms with van der Waals surface area (Å²) < 4.78 is 24.9. The summed E-state index contributed by atoms with van der Waals surface area (Å²) in [7, 11) is -2.99. The van der Waals surface area contributed by atoms with Crippen molar-refractivity contribution in [2.45, 2.75) is 19.3 Å². The van der Waals surface area contributed by atoms with Gasteiger partial charge in [-0.2, -0.15) is 0 Å². The van der Waals surface area contributed by atoms with Crippen molar-refractivity contribution >= 4 is 21.5 Å². The van der Waals surface area contributed by atoms with Gasteiger partial charge in [0.05, 0.1) is 11.5 Å². The second-order valence-corrected chi connectivity index (χ2v) is 7.58. The van der Waals surface area contributed by atoms with Crippen LogP contribution >= 0.6 is 0 Å². The van der Waals surface area contributed by atoms with Gasteiger partial charge in [0.15, 0.2) is 15.5 Å². The van der Waals surface area contributed by atoms with E-state index < -0.39 is 15.8 Å². The molecule has 1 aliphatic heterocycles. The molecular formula is C13H15N3O4S. The number of fused-ring (bicyclic) bond motifs is 1. The average Bonchev–Trinajstić information content (AvgIpc) is 2.81. The van der Waals surface area contributed by atoms with Crippen molar-refractivity contribution in [1.82, 2.24) is 14.6 Å². The molecule has 0 aromatic carbocycles. The van der Waals surface area contributed by atoms with Gasteiger partial charge < -0.3 is 5.11 Å². The molecule has 1 fully saturated rings. The summed E-state index contributed by atoms with van der Waals surface area (Å²) in [5, 5.41) is 17.2. The lowest BCUT2D eigenvalue weighted by Crippen LogP contribution is -2.27. The first-order chi connectivity index (χ1) is 9.96. The van der Waals surface area contributed by atoms with Crippen molar-refractivity contribution in [3.63, 3.8) is 0 Å². The third-order valence-corrected chi connectivity index (χ3v) is 5.63. The van der Waals surface area contributed by atoms with Crippen LogP contribution in [0.3, 0.4) is 0 Å². The zero-order valence-corrected chi connectivity index (χ0v) is 12.1. The van der Waals surface area contributed by atoms with Crippen LogP contribution in [0.4, 0.5) is 0 Å². The number of carboxylic acids is 1. The number of hydrogen-bond donors (Lipinski definition) is 1. The van der Waals surface area contributed by atoms with Crippen LogP contribution in [0.1, 0.15) is 29.2 Å². The third kappa shape index (κ3) is 2.76. The Hall–Kier alpha value is -1.96. The van der Waals surface area contributed by atoms with Crippen molar-refractivity contribution in [3.8, 4) is 0 Å². The summed E-state index contributed by atoms with van der Waals surface area (Å²) in [5.74, 6) is -0.206. The molecule has 1 unspecified atom stereocenters. The molecule has 112 valence electrons. The Balaban J connectivity index is 1.96. The Morgan fingerprint density at radius 1 is 1.38 bits per heavy atom. The van der Waals surface area contributed by atoms with Gasteiger partial charge in [-0.05, 0) is 30.9 Å². The smallest absolute Gasteiger partial charge is 0.352 e. The number of aromatic nitrogens is 3. The molecule has 1 atom stereocenters. The third-order valence-electron chi connectivity index (χ3n) is 3.74. The van der Waals surface area contributed by atoms with Crippen LogP contribution in [0.2, 0.25) is 0 Å². The van der Waals surface area contributed by atoms with Crippen LogP contribution in [-0.2, 0) is 16.3 Å². The van der Waals surface area contributed by atoms with Gasteiger partial charge in [-0.15, -0.1) is 10.2 Å². The maximum atomic E-state index is 11.7. The van der Waals surface area contributed by atoms with Crippen LogP contribution in [0.15, 0.2) is 18.2 Å².